The zero-order chi connectivity index (χ0) is 20.5. The molecule has 7 heteroatoms. The van der Waals surface area contributed by atoms with Gasteiger partial charge in [-0.2, -0.15) is 0 Å². The fourth-order valence-corrected chi connectivity index (χ4v) is 3.68. The Morgan fingerprint density at radius 2 is 1.89 bits per heavy atom. The van der Waals surface area contributed by atoms with E-state index in [2.05, 4.69) is 5.32 Å². The standard InChI is InChI=1S/C21H25ClN2O3S/c1-15(21(26)23-2)24(12-17-5-4-6-19(11-17)27-3)20(25)14-28-13-16-7-9-18(22)10-8-16/h4-11,15H,12-14H2,1-3H3,(H,23,26)/t15-/m0/s1. The summed E-state index contributed by atoms with van der Waals surface area (Å²) in [5.74, 6) is 1.42. The molecule has 0 spiro atoms. The summed E-state index contributed by atoms with van der Waals surface area (Å²) in [7, 11) is 3.17. The molecule has 0 heterocycles. The van der Waals surface area contributed by atoms with Crippen molar-refractivity contribution in [1.29, 1.82) is 0 Å². The summed E-state index contributed by atoms with van der Waals surface area (Å²) in [6.45, 7) is 2.08. The Kier molecular flexibility index (Phi) is 8.67. The van der Waals surface area contributed by atoms with Gasteiger partial charge in [-0.15, -0.1) is 11.8 Å². The fraction of sp³-hybridized carbons (Fsp3) is 0.333. The van der Waals surface area contributed by atoms with Crippen LogP contribution in [0.2, 0.25) is 5.02 Å². The van der Waals surface area contributed by atoms with Gasteiger partial charge in [0.15, 0.2) is 0 Å². The topological polar surface area (TPSA) is 58.6 Å². The van der Waals surface area contributed by atoms with Crippen molar-refractivity contribution in [2.75, 3.05) is 19.9 Å². The number of hydrogen-bond donors (Lipinski definition) is 1. The van der Waals surface area contributed by atoms with Gasteiger partial charge in [-0.1, -0.05) is 35.9 Å². The highest BCUT2D eigenvalue weighted by Crippen LogP contribution is 2.19. The minimum Gasteiger partial charge on any atom is -0.497 e. The zero-order valence-corrected chi connectivity index (χ0v) is 17.8. The molecule has 1 N–H and O–H groups in total. The van der Waals surface area contributed by atoms with Crippen molar-refractivity contribution >= 4 is 35.2 Å². The maximum atomic E-state index is 12.9. The van der Waals surface area contributed by atoms with Gasteiger partial charge in [0.25, 0.3) is 0 Å². The number of carbonyl (C=O) groups is 2. The Bertz CT molecular complexity index is 798. The molecule has 0 saturated heterocycles. The molecule has 2 amide bonds. The summed E-state index contributed by atoms with van der Waals surface area (Å²) in [4.78, 5) is 26.6. The van der Waals surface area contributed by atoms with Crippen LogP contribution in [0.4, 0.5) is 0 Å². The Balaban J connectivity index is 2.05. The number of halogens is 1. The van der Waals surface area contributed by atoms with Crippen LogP contribution in [0.1, 0.15) is 18.1 Å². The normalized spacial score (nSPS) is 11.6. The van der Waals surface area contributed by atoms with Crippen LogP contribution in [-0.2, 0) is 21.9 Å². The minimum atomic E-state index is -0.570. The van der Waals surface area contributed by atoms with Crippen LogP contribution in [0.25, 0.3) is 0 Å². The lowest BCUT2D eigenvalue weighted by molar-refractivity contribution is -0.138. The summed E-state index contributed by atoms with van der Waals surface area (Å²) in [6.07, 6.45) is 0. The smallest absolute Gasteiger partial charge is 0.242 e. The van der Waals surface area contributed by atoms with E-state index < -0.39 is 6.04 Å². The number of likely N-dealkylation sites (N-methyl/N-ethyl adjacent to an activating group) is 1. The van der Waals surface area contributed by atoms with Crippen LogP contribution in [0.5, 0.6) is 5.75 Å². The monoisotopic (exact) mass is 420 g/mol. The van der Waals surface area contributed by atoms with Crippen LogP contribution < -0.4 is 10.1 Å². The molecule has 0 aliphatic heterocycles. The van der Waals surface area contributed by atoms with Crippen molar-refractivity contribution in [3.05, 3.63) is 64.7 Å². The largest absolute Gasteiger partial charge is 0.497 e. The predicted molar refractivity (Wildman–Crippen MR) is 115 cm³/mol. The van der Waals surface area contributed by atoms with E-state index in [0.29, 0.717) is 17.3 Å². The first-order chi connectivity index (χ1) is 13.4. The molecule has 2 aromatic rings. The zero-order valence-electron chi connectivity index (χ0n) is 16.3. The highest BCUT2D eigenvalue weighted by molar-refractivity contribution is 7.99. The molecule has 0 fully saturated rings. The third-order valence-electron chi connectivity index (χ3n) is 4.31. The number of nitrogens with zero attached hydrogens (tertiary/aromatic N) is 1. The molecule has 0 aliphatic carbocycles. The van der Waals surface area contributed by atoms with E-state index in [1.165, 1.54) is 11.8 Å². The van der Waals surface area contributed by atoms with Gasteiger partial charge in [0, 0.05) is 24.4 Å². The van der Waals surface area contributed by atoms with E-state index in [9.17, 15) is 9.59 Å². The summed E-state index contributed by atoms with van der Waals surface area (Å²) in [6, 6.07) is 14.5. The van der Waals surface area contributed by atoms with Gasteiger partial charge in [-0.05, 0) is 42.3 Å². The Labute approximate surface area is 175 Å². The maximum absolute atomic E-state index is 12.9. The molecule has 0 bridgehead atoms. The molecule has 5 nitrogen and oxygen atoms in total. The van der Waals surface area contributed by atoms with Gasteiger partial charge < -0.3 is 15.0 Å². The van der Waals surface area contributed by atoms with E-state index in [1.807, 2.05) is 48.5 Å². The van der Waals surface area contributed by atoms with E-state index >= 15 is 0 Å². The molecule has 0 radical (unpaired) electrons. The van der Waals surface area contributed by atoms with Gasteiger partial charge in [-0.3, -0.25) is 9.59 Å². The number of amides is 2. The number of methoxy groups -OCH3 is 1. The number of benzene rings is 2. The van der Waals surface area contributed by atoms with Crippen LogP contribution >= 0.6 is 23.4 Å². The molecule has 0 unspecified atom stereocenters. The van der Waals surface area contributed by atoms with E-state index in [0.717, 1.165) is 16.9 Å². The number of hydrogen-bond acceptors (Lipinski definition) is 4. The molecule has 28 heavy (non-hydrogen) atoms. The molecule has 2 aromatic carbocycles. The summed E-state index contributed by atoms with van der Waals surface area (Å²) in [5, 5.41) is 3.31. The minimum absolute atomic E-state index is 0.0853. The summed E-state index contributed by atoms with van der Waals surface area (Å²) >= 11 is 7.41. The van der Waals surface area contributed by atoms with Crippen LogP contribution in [0.3, 0.4) is 0 Å². The second-order valence-corrected chi connectivity index (χ2v) is 7.70. The van der Waals surface area contributed by atoms with Gasteiger partial charge >= 0.3 is 0 Å². The molecule has 1 atom stereocenters. The number of ether oxygens (including phenoxy) is 1. The van der Waals surface area contributed by atoms with Crippen molar-refractivity contribution in [1.82, 2.24) is 10.2 Å². The number of carbonyl (C=O) groups excluding carboxylic acids is 2. The second kappa shape index (κ2) is 11.0. The highest BCUT2D eigenvalue weighted by Gasteiger charge is 2.25. The lowest BCUT2D eigenvalue weighted by atomic mass is 10.1. The van der Waals surface area contributed by atoms with E-state index in [-0.39, 0.29) is 17.6 Å². The maximum Gasteiger partial charge on any atom is 0.242 e. The van der Waals surface area contributed by atoms with Crippen molar-refractivity contribution in [2.24, 2.45) is 0 Å². The second-order valence-electron chi connectivity index (χ2n) is 6.28. The first-order valence-corrected chi connectivity index (χ1v) is 10.4. The third kappa shape index (κ3) is 6.46. The van der Waals surface area contributed by atoms with Gasteiger partial charge in [-0.25, -0.2) is 0 Å². The van der Waals surface area contributed by atoms with Crippen molar-refractivity contribution in [2.45, 2.75) is 25.3 Å². The lowest BCUT2D eigenvalue weighted by Gasteiger charge is -2.28. The lowest BCUT2D eigenvalue weighted by Crippen LogP contribution is -2.47. The summed E-state index contributed by atoms with van der Waals surface area (Å²) < 4.78 is 5.25. The quantitative estimate of drug-likeness (QED) is 0.671. The SMILES string of the molecule is CNC(=O)[C@H](C)N(Cc1cccc(OC)c1)C(=O)CSCc1ccc(Cl)cc1. The Morgan fingerprint density at radius 1 is 1.18 bits per heavy atom. The van der Waals surface area contributed by atoms with Gasteiger partial charge in [0.1, 0.15) is 11.8 Å². The van der Waals surface area contributed by atoms with Crippen LogP contribution in [0.15, 0.2) is 48.5 Å². The van der Waals surface area contributed by atoms with Crippen molar-refractivity contribution in [3.63, 3.8) is 0 Å². The molecular weight excluding hydrogens is 396 g/mol. The molecule has 0 aromatic heterocycles. The first-order valence-electron chi connectivity index (χ1n) is 8.90. The average Bonchev–Trinajstić information content (AvgIpc) is 2.72. The van der Waals surface area contributed by atoms with Crippen molar-refractivity contribution in [3.8, 4) is 5.75 Å². The van der Waals surface area contributed by atoms with E-state index in [1.54, 1.807) is 26.0 Å². The third-order valence-corrected chi connectivity index (χ3v) is 5.55. The molecular formula is C21H25ClN2O3S. The number of nitrogens with one attached hydrogen (secondary N) is 1. The average molecular weight is 421 g/mol. The molecule has 2 rings (SSSR count). The highest BCUT2D eigenvalue weighted by atomic mass is 35.5. The molecule has 150 valence electrons. The predicted octanol–water partition coefficient (Wildman–Crippen LogP) is 3.75. The van der Waals surface area contributed by atoms with Crippen LogP contribution in [-0.4, -0.2) is 42.7 Å². The van der Waals surface area contributed by atoms with Crippen molar-refractivity contribution < 1.29 is 14.3 Å². The summed E-state index contributed by atoms with van der Waals surface area (Å²) in [5.41, 5.74) is 2.01. The van der Waals surface area contributed by atoms with Gasteiger partial charge in [0.2, 0.25) is 11.8 Å². The molecule has 0 aliphatic rings. The first kappa shape index (κ1) is 22.1. The Hall–Kier alpha value is -2.18. The number of rotatable bonds is 9. The fourth-order valence-electron chi connectivity index (χ4n) is 2.68. The van der Waals surface area contributed by atoms with E-state index in [4.69, 9.17) is 16.3 Å². The van der Waals surface area contributed by atoms with Gasteiger partial charge in [0.05, 0.1) is 12.9 Å². The van der Waals surface area contributed by atoms with Crippen LogP contribution in [0, 0.1) is 0 Å². The molecule has 0 saturated carbocycles. The Morgan fingerprint density at radius 3 is 2.54 bits per heavy atom. The number of thioether (sulfide) groups is 1.